The van der Waals surface area contributed by atoms with Crippen LogP contribution in [0.4, 0.5) is 0 Å². The Balaban J connectivity index is 1.29. The molecule has 3 amide bonds. The van der Waals surface area contributed by atoms with Gasteiger partial charge in [-0.05, 0) is 44.2 Å². The Morgan fingerprint density at radius 2 is 1.55 bits per heavy atom. The van der Waals surface area contributed by atoms with Crippen LogP contribution in [-0.2, 0) is 9.59 Å². The molecule has 1 aromatic rings. The molecule has 8 nitrogen and oxygen atoms in total. The summed E-state index contributed by atoms with van der Waals surface area (Å²) in [6, 6.07) is 2.93. The summed E-state index contributed by atoms with van der Waals surface area (Å²) in [5.41, 5.74) is 0. The molecule has 4 heterocycles. The summed E-state index contributed by atoms with van der Waals surface area (Å²) in [4.78, 5) is 46.4. The second-order valence-electron chi connectivity index (χ2n) is 8.88. The maximum Gasteiger partial charge on any atom is 0.290 e. The molecule has 4 rings (SSSR count). The van der Waals surface area contributed by atoms with E-state index in [1.165, 1.54) is 19.1 Å². The molecule has 0 saturated carbocycles. The molecule has 0 aliphatic carbocycles. The van der Waals surface area contributed by atoms with Crippen LogP contribution in [0.3, 0.4) is 0 Å². The van der Waals surface area contributed by atoms with Gasteiger partial charge in [-0.1, -0.05) is 12.8 Å². The van der Waals surface area contributed by atoms with Gasteiger partial charge in [0.05, 0.1) is 12.8 Å². The molecule has 1 atom stereocenters. The highest BCUT2D eigenvalue weighted by atomic mass is 16.3. The topological polar surface area (TPSA) is 77.3 Å². The van der Waals surface area contributed by atoms with Gasteiger partial charge in [0.25, 0.3) is 5.91 Å². The lowest BCUT2D eigenvalue weighted by Gasteiger charge is -2.40. The van der Waals surface area contributed by atoms with Crippen LogP contribution in [0.15, 0.2) is 22.8 Å². The van der Waals surface area contributed by atoms with Crippen molar-refractivity contribution in [2.75, 3.05) is 52.4 Å². The van der Waals surface area contributed by atoms with Gasteiger partial charge < -0.3 is 19.1 Å². The van der Waals surface area contributed by atoms with Crippen molar-refractivity contribution in [1.82, 2.24) is 19.6 Å². The van der Waals surface area contributed by atoms with E-state index < -0.39 is 6.04 Å². The zero-order valence-electron chi connectivity index (χ0n) is 18.3. The number of nitrogens with zero attached hydrogens (tertiary/aromatic N) is 4. The molecule has 0 aromatic carbocycles. The molecule has 0 spiro atoms. The number of piperidine rings is 1. The zero-order chi connectivity index (χ0) is 21.6. The minimum Gasteiger partial charge on any atom is -0.459 e. The lowest BCUT2D eigenvalue weighted by Crippen LogP contribution is -2.57. The summed E-state index contributed by atoms with van der Waals surface area (Å²) < 4.78 is 5.27. The Labute approximate surface area is 184 Å². The number of furan rings is 1. The largest absolute Gasteiger partial charge is 0.459 e. The van der Waals surface area contributed by atoms with Gasteiger partial charge >= 0.3 is 0 Å². The number of hydrogen-bond acceptors (Lipinski definition) is 5. The smallest absolute Gasteiger partial charge is 0.290 e. The van der Waals surface area contributed by atoms with Crippen molar-refractivity contribution < 1.29 is 18.8 Å². The molecule has 1 aromatic heterocycles. The molecule has 1 unspecified atom stereocenters. The monoisotopic (exact) mass is 430 g/mol. The zero-order valence-corrected chi connectivity index (χ0v) is 18.3. The van der Waals surface area contributed by atoms with Gasteiger partial charge in [-0.25, -0.2) is 0 Å². The van der Waals surface area contributed by atoms with E-state index in [1.807, 2.05) is 9.80 Å². The van der Waals surface area contributed by atoms with Crippen LogP contribution in [0, 0.1) is 0 Å². The molecule has 0 bridgehead atoms. The Hall–Kier alpha value is -2.35. The first-order valence-corrected chi connectivity index (χ1v) is 11.8. The summed E-state index contributed by atoms with van der Waals surface area (Å²) in [6.07, 6.45) is 8.66. The van der Waals surface area contributed by atoms with E-state index in [0.717, 1.165) is 38.8 Å². The highest BCUT2D eigenvalue weighted by Gasteiger charge is 2.37. The molecule has 0 radical (unpaired) electrons. The Bertz CT molecular complexity index is 750. The average Bonchev–Trinajstić information content (AvgIpc) is 3.21. The average molecular weight is 431 g/mol. The lowest BCUT2D eigenvalue weighted by molar-refractivity contribution is -0.139. The summed E-state index contributed by atoms with van der Waals surface area (Å²) in [5.74, 6) is 0.323. The van der Waals surface area contributed by atoms with Gasteiger partial charge in [-0.15, -0.1) is 0 Å². The van der Waals surface area contributed by atoms with E-state index in [0.29, 0.717) is 45.7 Å². The van der Waals surface area contributed by atoms with Crippen LogP contribution in [0.25, 0.3) is 0 Å². The first kappa shape index (κ1) is 21.9. The molecule has 170 valence electrons. The summed E-state index contributed by atoms with van der Waals surface area (Å²) >= 11 is 0. The summed E-state index contributed by atoms with van der Waals surface area (Å²) in [6.45, 7) is 5.37. The van der Waals surface area contributed by atoms with Crippen LogP contribution < -0.4 is 0 Å². The van der Waals surface area contributed by atoms with Crippen molar-refractivity contribution in [1.29, 1.82) is 0 Å². The SMILES string of the molecule is O=C(CN1CCN(C(=O)C2CCCCN2C(=O)c2ccco2)CC1)N1CCCCCC1. The molecule has 0 N–H and O–H groups in total. The third-order valence-electron chi connectivity index (χ3n) is 6.78. The quantitative estimate of drug-likeness (QED) is 0.728. The Morgan fingerprint density at radius 3 is 2.23 bits per heavy atom. The molecule has 3 fully saturated rings. The van der Waals surface area contributed by atoms with E-state index in [9.17, 15) is 14.4 Å². The third kappa shape index (κ3) is 5.29. The van der Waals surface area contributed by atoms with E-state index in [2.05, 4.69) is 4.90 Å². The van der Waals surface area contributed by atoms with Crippen molar-refractivity contribution in [3.05, 3.63) is 24.2 Å². The fourth-order valence-electron chi connectivity index (χ4n) is 4.92. The second-order valence-corrected chi connectivity index (χ2v) is 8.88. The van der Waals surface area contributed by atoms with Gasteiger partial charge in [-0.2, -0.15) is 0 Å². The van der Waals surface area contributed by atoms with E-state index in [-0.39, 0.29) is 23.5 Å². The number of piperazine rings is 1. The first-order valence-electron chi connectivity index (χ1n) is 11.8. The molecule has 3 aliphatic heterocycles. The van der Waals surface area contributed by atoms with E-state index in [4.69, 9.17) is 4.42 Å². The predicted molar refractivity (Wildman–Crippen MR) is 115 cm³/mol. The second kappa shape index (κ2) is 10.3. The third-order valence-corrected chi connectivity index (χ3v) is 6.78. The fraction of sp³-hybridized carbons (Fsp3) is 0.696. The van der Waals surface area contributed by atoms with Gasteiger partial charge in [0.2, 0.25) is 11.8 Å². The van der Waals surface area contributed by atoms with Gasteiger partial charge in [0, 0.05) is 45.8 Å². The Morgan fingerprint density at radius 1 is 0.839 bits per heavy atom. The predicted octanol–water partition coefficient (Wildman–Crippen LogP) is 1.82. The number of rotatable bonds is 4. The van der Waals surface area contributed by atoms with Crippen molar-refractivity contribution in [3.8, 4) is 0 Å². The minimum atomic E-state index is -0.420. The van der Waals surface area contributed by atoms with Crippen LogP contribution >= 0.6 is 0 Å². The fourth-order valence-corrected chi connectivity index (χ4v) is 4.92. The van der Waals surface area contributed by atoms with Crippen LogP contribution in [0.1, 0.15) is 55.5 Å². The highest BCUT2D eigenvalue weighted by molar-refractivity contribution is 5.95. The first-order chi connectivity index (χ1) is 15.1. The van der Waals surface area contributed by atoms with Crippen LogP contribution in [0.5, 0.6) is 0 Å². The minimum absolute atomic E-state index is 0.0260. The maximum atomic E-state index is 13.3. The number of carbonyl (C=O) groups is 3. The highest BCUT2D eigenvalue weighted by Crippen LogP contribution is 2.22. The maximum absolute atomic E-state index is 13.3. The normalized spacial score (nSPS) is 23.5. The lowest BCUT2D eigenvalue weighted by atomic mass is 10.00. The van der Waals surface area contributed by atoms with Crippen LogP contribution in [0.2, 0.25) is 0 Å². The summed E-state index contributed by atoms with van der Waals surface area (Å²) in [5, 5.41) is 0. The molecule has 3 aliphatic rings. The molecular formula is C23H34N4O4. The number of hydrogen-bond donors (Lipinski definition) is 0. The van der Waals surface area contributed by atoms with Crippen molar-refractivity contribution >= 4 is 17.7 Å². The van der Waals surface area contributed by atoms with Crippen LogP contribution in [-0.4, -0.2) is 95.7 Å². The molecule has 31 heavy (non-hydrogen) atoms. The molecular weight excluding hydrogens is 396 g/mol. The van der Waals surface area contributed by atoms with Crippen molar-refractivity contribution in [3.63, 3.8) is 0 Å². The van der Waals surface area contributed by atoms with Gasteiger partial charge in [0.15, 0.2) is 5.76 Å². The van der Waals surface area contributed by atoms with E-state index in [1.54, 1.807) is 17.0 Å². The van der Waals surface area contributed by atoms with Gasteiger partial charge in [0.1, 0.15) is 6.04 Å². The molecule has 8 heteroatoms. The molecule has 3 saturated heterocycles. The van der Waals surface area contributed by atoms with Crippen molar-refractivity contribution in [2.24, 2.45) is 0 Å². The standard InChI is InChI=1S/C23H34N4O4/c28-21(25-10-4-1-2-5-11-25)18-24-13-15-26(16-14-24)22(29)19-8-3-6-12-27(19)23(30)20-9-7-17-31-20/h7,9,17,19H,1-6,8,10-16,18H2. The van der Waals surface area contributed by atoms with Crippen molar-refractivity contribution in [2.45, 2.75) is 51.0 Å². The number of amides is 3. The number of carbonyl (C=O) groups excluding carboxylic acids is 3. The number of likely N-dealkylation sites (tertiary alicyclic amines) is 2. The van der Waals surface area contributed by atoms with E-state index >= 15 is 0 Å². The van der Waals surface area contributed by atoms with Gasteiger partial charge in [-0.3, -0.25) is 19.3 Å². The summed E-state index contributed by atoms with van der Waals surface area (Å²) in [7, 11) is 0. The Kier molecular flexibility index (Phi) is 7.27.